The zero-order valence-electron chi connectivity index (χ0n) is 15.5. The highest BCUT2D eigenvalue weighted by atomic mass is 16.5. The molecule has 3 rings (SSSR count). The summed E-state index contributed by atoms with van der Waals surface area (Å²) in [6.45, 7) is 1.96. The predicted octanol–water partition coefficient (Wildman–Crippen LogP) is 5.23. The van der Waals surface area contributed by atoms with Gasteiger partial charge in [0, 0.05) is 5.69 Å². The number of carboxylic acid groups (broad SMARTS) is 1. The standard InChI is InChI=1S/C23H23NO3/c1-16-14-19(27-2)11-13-21(16)24-22-15-18(10-12-20(22)23(25)26)9-8-17-6-4-3-5-7-17/h3-7,10-15,24H,8-9H2,1-2H3,(H,25,26). The Morgan fingerprint density at radius 1 is 0.926 bits per heavy atom. The lowest BCUT2D eigenvalue weighted by molar-refractivity contribution is 0.0698. The third kappa shape index (κ3) is 4.67. The van der Waals surface area contributed by atoms with E-state index in [0.29, 0.717) is 5.69 Å². The van der Waals surface area contributed by atoms with Crippen LogP contribution < -0.4 is 10.1 Å². The van der Waals surface area contributed by atoms with Gasteiger partial charge in [-0.3, -0.25) is 0 Å². The first-order valence-corrected chi connectivity index (χ1v) is 8.88. The van der Waals surface area contributed by atoms with E-state index in [0.717, 1.165) is 35.4 Å². The van der Waals surface area contributed by atoms with Gasteiger partial charge in [-0.2, -0.15) is 0 Å². The summed E-state index contributed by atoms with van der Waals surface area (Å²) in [4.78, 5) is 11.6. The van der Waals surface area contributed by atoms with Crippen molar-refractivity contribution in [3.8, 4) is 5.75 Å². The number of ether oxygens (including phenoxy) is 1. The van der Waals surface area contributed by atoms with Crippen molar-refractivity contribution in [1.82, 2.24) is 0 Å². The summed E-state index contributed by atoms with van der Waals surface area (Å²) in [6.07, 6.45) is 1.76. The predicted molar refractivity (Wildman–Crippen MR) is 108 cm³/mol. The molecule has 138 valence electrons. The van der Waals surface area contributed by atoms with Crippen molar-refractivity contribution >= 4 is 17.3 Å². The fraction of sp³-hybridized carbons (Fsp3) is 0.174. The molecular weight excluding hydrogens is 338 g/mol. The minimum atomic E-state index is -0.946. The van der Waals surface area contributed by atoms with E-state index >= 15 is 0 Å². The van der Waals surface area contributed by atoms with E-state index in [1.165, 1.54) is 5.56 Å². The Kier molecular flexibility index (Phi) is 5.77. The summed E-state index contributed by atoms with van der Waals surface area (Å²) in [6, 6.07) is 21.4. The van der Waals surface area contributed by atoms with E-state index in [1.54, 1.807) is 13.2 Å². The Morgan fingerprint density at radius 2 is 1.67 bits per heavy atom. The largest absolute Gasteiger partial charge is 0.497 e. The molecule has 0 atom stereocenters. The fourth-order valence-corrected chi connectivity index (χ4v) is 3.02. The van der Waals surface area contributed by atoms with Crippen LogP contribution in [-0.4, -0.2) is 18.2 Å². The molecule has 0 spiro atoms. The molecule has 0 aromatic heterocycles. The number of rotatable bonds is 7. The second kappa shape index (κ2) is 8.41. The van der Waals surface area contributed by atoms with Gasteiger partial charge in [0.05, 0.1) is 18.4 Å². The second-order valence-corrected chi connectivity index (χ2v) is 6.48. The summed E-state index contributed by atoms with van der Waals surface area (Å²) in [5, 5.41) is 12.8. The molecule has 0 aliphatic heterocycles. The minimum absolute atomic E-state index is 0.258. The first-order chi connectivity index (χ1) is 13.1. The third-order valence-corrected chi connectivity index (χ3v) is 4.56. The van der Waals surface area contributed by atoms with Gasteiger partial charge in [0.1, 0.15) is 5.75 Å². The second-order valence-electron chi connectivity index (χ2n) is 6.48. The van der Waals surface area contributed by atoms with Crippen molar-refractivity contribution < 1.29 is 14.6 Å². The Labute approximate surface area is 159 Å². The van der Waals surface area contributed by atoms with Crippen LogP contribution in [0, 0.1) is 6.92 Å². The molecule has 4 nitrogen and oxygen atoms in total. The molecule has 0 saturated carbocycles. The Hall–Kier alpha value is -3.27. The lowest BCUT2D eigenvalue weighted by Crippen LogP contribution is -2.05. The Bertz CT molecular complexity index is 936. The van der Waals surface area contributed by atoms with Crippen molar-refractivity contribution in [2.24, 2.45) is 0 Å². The summed E-state index contributed by atoms with van der Waals surface area (Å²) < 4.78 is 5.23. The van der Waals surface area contributed by atoms with E-state index in [4.69, 9.17) is 4.74 Å². The summed E-state index contributed by atoms with van der Waals surface area (Å²) in [7, 11) is 1.63. The first-order valence-electron chi connectivity index (χ1n) is 8.88. The van der Waals surface area contributed by atoms with Crippen LogP contribution in [0.1, 0.15) is 27.0 Å². The van der Waals surface area contributed by atoms with E-state index in [1.807, 2.05) is 55.5 Å². The van der Waals surface area contributed by atoms with Gasteiger partial charge in [-0.25, -0.2) is 4.79 Å². The molecule has 0 bridgehead atoms. The van der Waals surface area contributed by atoms with Crippen LogP contribution in [-0.2, 0) is 12.8 Å². The van der Waals surface area contributed by atoms with Crippen molar-refractivity contribution in [3.63, 3.8) is 0 Å². The number of anilines is 2. The van der Waals surface area contributed by atoms with Crippen LogP contribution in [0.25, 0.3) is 0 Å². The van der Waals surface area contributed by atoms with Gasteiger partial charge in [0.25, 0.3) is 0 Å². The number of nitrogens with one attached hydrogen (secondary N) is 1. The van der Waals surface area contributed by atoms with Crippen LogP contribution >= 0.6 is 0 Å². The van der Waals surface area contributed by atoms with Crippen molar-refractivity contribution in [1.29, 1.82) is 0 Å². The molecule has 2 N–H and O–H groups in total. The number of benzene rings is 3. The van der Waals surface area contributed by atoms with Crippen molar-refractivity contribution in [3.05, 3.63) is 89.0 Å². The van der Waals surface area contributed by atoms with E-state index in [-0.39, 0.29) is 5.56 Å². The zero-order chi connectivity index (χ0) is 19.2. The molecule has 3 aromatic rings. The van der Waals surface area contributed by atoms with Gasteiger partial charge >= 0.3 is 5.97 Å². The zero-order valence-corrected chi connectivity index (χ0v) is 15.5. The molecule has 0 aliphatic carbocycles. The number of carboxylic acids is 1. The van der Waals surface area contributed by atoms with Gasteiger partial charge in [-0.15, -0.1) is 0 Å². The van der Waals surface area contributed by atoms with Crippen LogP contribution in [0.5, 0.6) is 5.75 Å². The maximum Gasteiger partial charge on any atom is 0.337 e. The van der Waals surface area contributed by atoms with Crippen LogP contribution in [0.2, 0.25) is 0 Å². The molecule has 0 amide bonds. The highest BCUT2D eigenvalue weighted by Crippen LogP contribution is 2.28. The Morgan fingerprint density at radius 3 is 2.33 bits per heavy atom. The maximum absolute atomic E-state index is 11.6. The highest BCUT2D eigenvalue weighted by molar-refractivity contribution is 5.95. The lowest BCUT2D eigenvalue weighted by atomic mass is 10.0. The van der Waals surface area contributed by atoms with Crippen LogP contribution in [0.3, 0.4) is 0 Å². The van der Waals surface area contributed by atoms with Gasteiger partial charge < -0.3 is 15.2 Å². The highest BCUT2D eigenvalue weighted by Gasteiger charge is 2.12. The van der Waals surface area contributed by atoms with Gasteiger partial charge in [-0.05, 0) is 66.8 Å². The summed E-state index contributed by atoms with van der Waals surface area (Å²) in [5.41, 5.74) is 5.06. The average molecular weight is 361 g/mol. The van der Waals surface area contributed by atoms with Gasteiger partial charge in [0.15, 0.2) is 0 Å². The summed E-state index contributed by atoms with van der Waals surface area (Å²) in [5.74, 6) is -0.175. The maximum atomic E-state index is 11.6. The molecule has 0 heterocycles. The van der Waals surface area contributed by atoms with E-state index < -0.39 is 5.97 Å². The Balaban J connectivity index is 1.84. The van der Waals surface area contributed by atoms with E-state index in [2.05, 4.69) is 17.4 Å². The number of hydrogen-bond acceptors (Lipinski definition) is 3. The summed E-state index contributed by atoms with van der Waals surface area (Å²) >= 11 is 0. The molecular formula is C23H23NO3. The fourth-order valence-electron chi connectivity index (χ4n) is 3.02. The van der Waals surface area contributed by atoms with Crippen LogP contribution in [0.4, 0.5) is 11.4 Å². The monoisotopic (exact) mass is 361 g/mol. The third-order valence-electron chi connectivity index (χ3n) is 4.56. The number of aromatic carboxylic acids is 1. The van der Waals surface area contributed by atoms with E-state index in [9.17, 15) is 9.90 Å². The smallest absolute Gasteiger partial charge is 0.337 e. The number of carbonyl (C=O) groups is 1. The minimum Gasteiger partial charge on any atom is -0.497 e. The molecule has 27 heavy (non-hydrogen) atoms. The molecule has 0 aliphatic rings. The lowest BCUT2D eigenvalue weighted by Gasteiger charge is -2.14. The number of aryl methyl sites for hydroxylation is 3. The van der Waals surface area contributed by atoms with Crippen molar-refractivity contribution in [2.45, 2.75) is 19.8 Å². The average Bonchev–Trinajstić information content (AvgIpc) is 2.68. The molecule has 0 saturated heterocycles. The van der Waals surface area contributed by atoms with Crippen LogP contribution in [0.15, 0.2) is 66.7 Å². The normalized spacial score (nSPS) is 10.4. The molecule has 0 radical (unpaired) electrons. The molecule has 4 heteroatoms. The topological polar surface area (TPSA) is 58.6 Å². The molecule has 3 aromatic carbocycles. The SMILES string of the molecule is COc1ccc(Nc2cc(CCc3ccccc3)ccc2C(=O)O)c(C)c1. The number of methoxy groups -OCH3 is 1. The quantitative estimate of drug-likeness (QED) is 0.605. The molecule has 0 fully saturated rings. The first kappa shape index (κ1) is 18.5. The molecule has 0 unspecified atom stereocenters. The van der Waals surface area contributed by atoms with Gasteiger partial charge in [-0.1, -0.05) is 36.4 Å². The van der Waals surface area contributed by atoms with Gasteiger partial charge in [0.2, 0.25) is 0 Å². The number of hydrogen-bond donors (Lipinski definition) is 2. The van der Waals surface area contributed by atoms with Crippen molar-refractivity contribution in [2.75, 3.05) is 12.4 Å².